The van der Waals surface area contributed by atoms with Crippen LogP contribution < -0.4 is 5.32 Å². The average Bonchev–Trinajstić information content (AvgIpc) is 2.83. The lowest BCUT2D eigenvalue weighted by molar-refractivity contribution is -0.115. The number of benzene rings is 1. The molecule has 0 aliphatic carbocycles. The van der Waals surface area contributed by atoms with E-state index >= 15 is 0 Å². The Hall–Kier alpha value is -1.86. The van der Waals surface area contributed by atoms with Crippen molar-refractivity contribution in [2.24, 2.45) is 0 Å². The number of carbonyl (C=O) groups excluding carboxylic acids is 1. The standard InChI is InChI=1S/C13H13ClN2O4S/c1-8-7-12(16-20-8)15-13(17)9(2)21(18,19)11-6-4-3-5-10(11)14/h3-7,9H,1-2H3,(H,15,16,17)/t9-/m0/s1. The summed E-state index contributed by atoms with van der Waals surface area (Å²) in [5.74, 6) is -0.0335. The van der Waals surface area contributed by atoms with E-state index in [9.17, 15) is 13.2 Å². The van der Waals surface area contributed by atoms with Gasteiger partial charge in [-0.15, -0.1) is 0 Å². The molecule has 1 heterocycles. The van der Waals surface area contributed by atoms with Crippen LogP contribution in [-0.2, 0) is 14.6 Å². The normalized spacial score (nSPS) is 12.9. The maximum Gasteiger partial charge on any atom is 0.244 e. The minimum Gasteiger partial charge on any atom is -0.360 e. The zero-order chi connectivity index (χ0) is 15.6. The highest BCUT2D eigenvalue weighted by Gasteiger charge is 2.31. The lowest BCUT2D eigenvalue weighted by Gasteiger charge is -2.13. The van der Waals surface area contributed by atoms with E-state index in [-0.39, 0.29) is 15.7 Å². The van der Waals surface area contributed by atoms with Gasteiger partial charge in [-0.1, -0.05) is 28.9 Å². The van der Waals surface area contributed by atoms with Gasteiger partial charge in [0.05, 0.1) is 9.92 Å². The van der Waals surface area contributed by atoms with Crippen molar-refractivity contribution in [1.82, 2.24) is 5.16 Å². The second-order valence-corrected chi connectivity index (χ2v) is 7.07. The Kier molecular flexibility index (Phi) is 4.34. The van der Waals surface area contributed by atoms with E-state index in [1.54, 1.807) is 19.1 Å². The van der Waals surface area contributed by atoms with Crippen LogP contribution in [0.2, 0.25) is 5.02 Å². The monoisotopic (exact) mass is 328 g/mol. The molecule has 21 heavy (non-hydrogen) atoms. The van der Waals surface area contributed by atoms with Gasteiger partial charge in [-0.2, -0.15) is 0 Å². The van der Waals surface area contributed by atoms with Gasteiger partial charge < -0.3 is 9.84 Å². The maximum atomic E-state index is 12.4. The Bertz CT molecular complexity index is 770. The Labute approximate surface area is 127 Å². The molecule has 1 atom stereocenters. The SMILES string of the molecule is Cc1cc(NC(=O)[C@H](C)S(=O)(=O)c2ccccc2Cl)no1. The fourth-order valence-corrected chi connectivity index (χ4v) is 3.45. The predicted octanol–water partition coefficient (Wildman–Crippen LogP) is 2.44. The van der Waals surface area contributed by atoms with E-state index in [1.165, 1.54) is 25.1 Å². The first-order valence-electron chi connectivity index (χ1n) is 6.05. The van der Waals surface area contributed by atoms with Gasteiger partial charge >= 0.3 is 0 Å². The lowest BCUT2D eigenvalue weighted by Crippen LogP contribution is -2.32. The minimum absolute atomic E-state index is 0.0781. The van der Waals surface area contributed by atoms with Gasteiger partial charge in [-0.25, -0.2) is 8.42 Å². The molecule has 1 amide bonds. The largest absolute Gasteiger partial charge is 0.360 e. The molecule has 0 aliphatic heterocycles. The fourth-order valence-electron chi connectivity index (χ4n) is 1.66. The van der Waals surface area contributed by atoms with Crippen LogP contribution in [0.25, 0.3) is 0 Å². The van der Waals surface area contributed by atoms with Crippen molar-refractivity contribution in [3.05, 3.63) is 41.1 Å². The molecule has 6 nitrogen and oxygen atoms in total. The summed E-state index contributed by atoms with van der Waals surface area (Å²) in [6, 6.07) is 7.48. The Morgan fingerprint density at radius 1 is 1.38 bits per heavy atom. The van der Waals surface area contributed by atoms with Crippen LogP contribution in [-0.4, -0.2) is 24.7 Å². The van der Waals surface area contributed by atoms with E-state index in [0.29, 0.717) is 5.76 Å². The van der Waals surface area contributed by atoms with Crippen molar-refractivity contribution in [3.8, 4) is 0 Å². The minimum atomic E-state index is -3.88. The average molecular weight is 329 g/mol. The molecule has 1 N–H and O–H groups in total. The highest BCUT2D eigenvalue weighted by atomic mass is 35.5. The fraction of sp³-hybridized carbons (Fsp3) is 0.231. The third-order valence-corrected chi connectivity index (χ3v) is 5.41. The maximum absolute atomic E-state index is 12.4. The van der Waals surface area contributed by atoms with Crippen LogP contribution in [0.5, 0.6) is 0 Å². The van der Waals surface area contributed by atoms with Crippen LogP contribution >= 0.6 is 11.6 Å². The molecule has 0 aliphatic rings. The highest BCUT2D eigenvalue weighted by molar-refractivity contribution is 7.93. The summed E-state index contributed by atoms with van der Waals surface area (Å²) < 4.78 is 29.6. The number of amides is 1. The van der Waals surface area contributed by atoms with Crippen molar-refractivity contribution < 1.29 is 17.7 Å². The number of carbonyl (C=O) groups is 1. The Balaban J connectivity index is 2.24. The summed E-state index contributed by atoms with van der Waals surface area (Å²) >= 11 is 5.88. The Morgan fingerprint density at radius 3 is 2.62 bits per heavy atom. The van der Waals surface area contributed by atoms with E-state index in [0.717, 1.165) is 0 Å². The quantitative estimate of drug-likeness (QED) is 0.931. The molecular weight excluding hydrogens is 316 g/mol. The molecule has 0 radical (unpaired) electrons. The predicted molar refractivity (Wildman–Crippen MR) is 78.0 cm³/mol. The molecule has 0 saturated heterocycles. The first-order valence-corrected chi connectivity index (χ1v) is 7.97. The van der Waals surface area contributed by atoms with Crippen molar-refractivity contribution in [1.29, 1.82) is 0 Å². The number of nitrogens with zero attached hydrogens (tertiary/aromatic N) is 1. The molecule has 0 saturated carbocycles. The molecule has 2 rings (SSSR count). The number of aromatic nitrogens is 1. The molecule has 0 bridgehead atoms. The number of nitrogens with one attached hydrogen (secondary N) is 1. The van der Waals surface area contributed by atoms with Crippen LogP contribution in [0, 0.1) is 6.92 Å². The number of hydrogen-bond acceptors (Lipinski definition) is 5. The summed E-state index contributed by atoms with van der Waals surface area (Å²) in [6.45, 7) is 2.95. The molecule has 0 fully saturated rings. The summed E-state index contributed by atoms with van der Waals surface area (Å²) in [4.78, 5) is 12.0. The van der Waals surface area contributed by atoms with Crippen LogP contribution in [0.3, 0.4) is 0 Å². The number of hydrogen-bond donors (Lipinski definition) is 1. The van der Waals surface area contributed by atoms with Crippen molar-refractivity contribution in [3.63, 3.8) is 0 Å². The van der Waals surface area contributed by atoms with Gasteiger partial charge in [-0.3, -0.25) is 4.79 Å². The molecule has 8 heteroatoms. The third kappa shape index (κ3) is 3.25. The van der Waals surface area contributed by atoms with E-state index in [2.05, 4.69) is 10.5 Å². The number of aryl methyl sites for hydroxylation is 1. The number of halogens is 1. The van der Waals surface area contributed by atoms with Crippen molar-refractivity contribution in [2.75, 3.05) is 5.32 Å². The second kappa shape index (κ2) is 5.87. The van der Waals surface area contributed by atoms with Gasteiger partial charge in [0.25, 0.3) is 0 Å². The zero-order valence-corrected chi connectivity index (χ0v) is 12.9. The lowest BCUT2D eigenvalue weighted by atomic mass is 10.4. The van der Waals surface area contributed by atoms with Gasteiger partial charge in [0.1, 0.15) is 11.0 Å². The molecule has 1 aromatic heterocycles. The summed E-state index contributed by atoms with van der Waals surface area (Å²) in [7, 11) is -3.88. The summed E-state index contributed by atoms with van der Waals surface area (Å²) in [5, 5.41) is 4.74. The molecule has 112 valence electrons. The summed E-state index contributed by atoms with van der Waals surface area (Å²) in [5.41, 5.74) is 0. The number of anilines is 1. The summed E-state index contributed by atoms with van der Waals surface area (Å²) in [6.07, 6.45) is 0. The van der Waals surface area contributed by atoms with E-state index in [4.69, 9.17) is 16.1 Å². The van der Waals surface area contributed by atoms with E-state index < -0.39 is 21.0 Å². The van der Waals surface area contributed by atoms with Gasteiger partial charge in [0, 0.05) is 6.07 Å². The topological polar surface area (TPSA) is 89.3 Å². The number of sulfone groups is 1. The second-order valence-electron chi connectivity index (χ2n) is 4.43. The molecular formula is C13H13ClN2O4S. The first kappa shape index (κ1) is 15.5. The first-order chi connectivity index (χ1) is 9.82. The molecule has 2 aromatic rings. The molecule has 0 unspecified atom stereocenters. The third-order valence-electron chi connectivity index (χ3n) is 2.86. The Morgan fingerprint density at radius 2 is 2.05 bits per heavy atom. The van der Waals surface area contributed by atoms with E-state index in [1.807, 2.05) is 0 Å². The van der Waals surface area contributed by atoms with Gasteiger partial charge in [-0.05, 0) is 26.0 Å². The highest BCUT2D eigenvalue weighted by Crippen LogP contribution is 2.25. The van der Waals surface area contributed by atoms with Crippen LogP contribution in [0.4, 0.5) is 5.82 Å². The zero-order valence-electron chi connectivity index (χ0n) is 11.3. The van der Waals surface area contributed by atoms with Gasteiger partial charge in [0.15, 0.2) is 15.7 Å². The molecule has 1 aromatic carbocycles. The number of rotatable bonds is 4. The van der Waals surface area contributed by atoms with Crippen molar-refractivity contribution >= 4 is 33.2 Å². The van der Waals surface area contributed by atoms with Crippen LogP contribution in [0.15, 0.2) is 39.8 Å². The van der Waals surface area contributed by atoms with Crippen molar-refractivity contribution in [2.45, 2.75) is 24.0 Å². The van der Waals surface area contributed by atoms with Gasteiger partial charge in [0.2, 0.25) is 5.91 Å². The van der Waals surface area contributed by atoms with Crippen LogP contribution in [0.1, 0.15) is 12.7 Å². The smallest absolute Gasteiger partial charge is 0.244 e. The molecule has 0 spiro atoms.